The zero-order valence-electron chi connectivity index (χ0n) is 18.4. The normalized spacial score (nSPS) is 15.7. The third kappa shape index (κ3) is 4.61. The molecule has 1 saturated carbocycles. The smallest absolute Gasteiger partial charge is 0.305 e. The Labute approximate surface area is 196 Å². The van der Waals surface area contributed by atoms with E-state index in [1.165, 1.54) is 12.0 Å². The summed E-state index contributed by atoms with van der Waals surface area (Å²) in [5.41, 5.74) is 1.88. The van der Waals surface area contributed by atoms with Crippen molar-refractivity contribution < 1.29 is 29.0 Å². The SMILES string of the molecule is CCOc1cc(C(CC(=O)O)N2Cc3c(Cl)ccc(NC(=O)C4CC4)c3C2=O)ccc1OC. The van der Waals surface area contributed by atoms with Crippen molar-refractivity contribution in [2.45, 2.75) is 38.8 Å². The number of carbonyl (C=O) groups is 3. The summed E-state index contributed by atoms with van der Waals surface area (Å²) in [6.07, 6.45) is 1.36. The van der Waals surface area contributed by atoms with E-state index in [0.29, 0.717) is 45.5 Å². The van der Waals surface area contributed by atoms with Crippen LogP contribution in [0.25, 0.3) is 0 Å². The number of nitrogens with one attached hydrogen (secondary N) is 1. The Bertz CT molecular complexity index is 1110. The minimum Gasteiger partial charge on any atom is -0.493 e. The van der Waals surface area contributed by atoms with E-state index < -0.39 is 12.0 Å². The summed E-state index contributed by atoms with van der Waals surface area (Å²) in [5.74, 6) is -0.597. The van der Waals surface area contributed by atoms with Gasteiger partial charge >= 0.3 is 5.97 Å². The molecular weight excluding hydrogens is 448 g/mol. The van der Waals surface area contributed by atoms with Crippen LogP contribution in [0.1, 0.15) is 53.7 Å². The maximum atomic E-state index is 13.5. The molecule has 0 aromatic heterocycles. The van der Waals surface area contributed by atoms with Gasteiger partial charge in [0.1, 0.15) is 0 Å². The molecule has 4 rings (SSSR count). The van der Waals surface area contributed by atoms with Crippen LogP contribution < -0.4 is 14.8 Å². The highest BCUT2D eigenvalue weighted by Gasteiger charge is 2.39. The first kappa shape index (κ1) is 22.9. The number of nitrogens with zero attached hydrogens (tertiary/aromatic N) is 1. The topological polar surface area (TPSA) is 105 Å². The van der Waals surface area contributed by atoms with E-state index in [9.17, 15) is 19.5 Å². The number of carboxylic acids is 1. The van der Waals surface area contributed by atoms with Crippen molar-refractivity contribution in [3.05, 3.63) is 52.0 Å². The van der Waals surface area contributed by atoms with Crippen molar-refractivity contribution in [1.82, 2.24) is 4.90 Å². The van der Waals surface area contributed by atoms with Crippen LogP contribution in [-0.4, -0.2) is 41.5 Å². The molecule has 1 unspecified atom stereocenters. The first-order valence-electron chi connectivity index (χ1n) is 10.8. The maximum Gasteiger partial charge on any atom is 0.305 e. The molecule has 8 nitrogen and oxygen atoms in total. The molecule has 33 heavy (non-hydrogen) atoms. The third-order valence-electron chi connectivity index (χ3n) is 5.88. The lowest BCUT2D eigenvalue weighted by Crippen LogP contribution is -2.31. The lowest BCUT2D eigenvalue weighted by Gasteiger charge is -2.28. The highest BCUT2D eigenvalue weighted by atomic mass is 35.5. The van der Waals surface area contributed by atoms with Crippen LogP contribution in [0.5, 0.6) is 11.5 Å². The molecule has 1 aliphatic carbocycles. The van der Waals surface area contributed by atoms with Crippen LogP contribution in [0.2, 0.25) is 5.02 Å². The van der Waals surface area contributed by atoms with Crippen LogP contribution in [0.3, 0.4) is 0 Å². The van der Waals surface area contributed by atoms with Gasteiger partial charge in [0.15, 0.2) is 11.5 Å². The molecule has 174 valence electrons. The number of halogens is 1. The largest absolute Gasteiger partial charge is 0.493 e. The Hall–Kier alpha value is -3.26. The van der Waals surface area contributed by atoms with Gasteiger partial charge in [-0.15, -0.1) is 0 Å². The minimum absolute atomic E-state index is 0.0278. The molecule has 2 aromatic carbocycles. The molecule has 0 bridgehead atoms. The van der Waals surface area contributed by atoms with Crippen molar-refractivity contribution in [3.8, 4) is 11.5 Å². The Morgan fingerprint density at radius 3 is 2.64 bits per heavy atom. The van der Waals surface area contributed by atoms with Gasteiger partial charge in [-0.25, -0.2) is 0 Å². The zero-order chi connectivity index (χ0) is 23.7. The second-order valence-corrected chi connectivity index (χ2v) is 8.51. The minimum atomic E-state index is -1.05. The van der Waals surface area contributed by atoms with Crippen molar-refractivity contribution in [1.29, 1.82) is 0 Å². The van der Waals surface area contributed by atoms with Gasteiger partial charge in [-0.2, -0.15) is 0 Å². The number of amides is 2. The summed E-state index contributed by atoms with van der Waals surface area (Å²) in [6.45, 7) is 2.37. The Morgan fingerprint density at radius 2 is 2.00 bits per heavy atom. The Balaban J connectivity index is 1.71. The monoisotopic (exact) mass is 472 g/mol. The number of rotatable bonds is 9. The summed E-state index contributed by atoms with van der Waals surface area (Å²) in [7, 11) is 1.52. The van der Waals surface area contributed by atoms with Gasteiger partial charge in [0.2, 0.25) is 5.91 Å². The van der Waals surface area contributed by atoms with Crippen molar-refractivity contribution in [3.63, 3.8) is 0 Å². The molecule has 0 spiro atoms. The fourth-order valence-corrected chi connectivity index (χ4v) is 4.30. The first-order valence-corrected chi connectivity index (χ1v) is 11.2. The molecule has 1 atom stereocenters. The number of carboxylic acid groups (broad SMARTS) is 1. The van der Waals surface area contributed by atoms with Crippen LogP contribution >= 0.6 is 11.6 Å². The number of methoxy groups -OCH3 is 1. The number of hydrogen-bond donors (Lipinski definition) is 2. The highest BCUT2D eigenvalue weighted by Crippen LogP contribution is 2.42. The number of fused-ring (bicyclic) bond motifs is 1. The molecule has 2 N–H and O–H groups in total. The van der Waals surface area contributed by atoms with Crippen LogP contribution in [0.15, 0.2) is 30.3 Å². The Morgan fingerprint density at radius 1 is 1.24 bits per heavy atom. The maximum absolute atomic E-state index is 13.5. The fourth-order valence-electron chi connectivity index (χ4n) is 4.09. The number of aliphatic carboxylic acids is 1. The zero-order valence-corrected chi connectivity index (χ0v) is 19.1. The van der Waals surface area contributed by atoms with E-state index in [2.05, 4.69) is 5.32 Å². The summed E-state index contributed by atoms with van der Waals surface area (Å²) in [4.78, 5) is 39.1. The summed E-state index contributed by atoms with van der Waals surface area (Å²) >= 11 is 6.40. The number of anilines is 1. The number of benzene rings is 2. The highest BCUT2D eigenvalue weighted by molar-refractivity contribution is 6.32. The lowest BCUT2D eigenvalue weighted by molar-refractivity contribution is -0.138. The number of hydrogen-bond acceptors (Lipinski definition) is 5. The number of ether oxygens (including phenoxy) is 2. The molecule has 0 saturated heterocycles. The molecule has 2 aromatic rings. The van der Waals surface area contributed by atoms with Gasteiger partial charge in [-0.05, 0) is 49.6 Å². The second-order valence-electron chi connectivity index (χ2n) is 8.10. The van der Waals surface area contributed by atoms with Gasteiger partial charge in [0.25, 0.3) is 5.91 Å². The molecule has 0 radical (unpaired) electrons. The Kier molecular flexibility index (Phi) is 6.47. The lowest BCUT2D eigenvalue weighted by atomic mass is 10.0. The average Bonchev–Trinajstić information content (AvgIpc) is 3.58. The molecule has 2 aliphatic rings. The molecule has 2 amide bonds. The van der Waals surface area contributed by atoms with Crippen molar-refractivity contribution in [2.24, 2.45) is 5.92 Å². The summed E-state index contributed by atoms with van der Waals surface area (Å²) < 4.78 is 11.0. The van der Waals surface area contributed by atoms with E-state index in [4.69, 9.17) is 21.1 Å². The molecule has 1 aliphatic heterocycles. The van der Waals surface area contributed by atoms with Crippen LogP contribution in [0, 0.1) is 5.92 Å². The van der Waals surface area contributed by atoms with E-state index in [0.717, 1.165) is 12.8 Å². The third-order valence-corrected chi connectivity index (χ3v) is 6.24. The van der Waals surface area contributed by atoms with E-state index in [1.54, 1.807) is 30.3 Å². The van der Waals surface area contributed by atoms with E-state index in [1.807, 2.05) is 6.92 Å². The summed E-state index contributed by atoms with van der Waals surface area (Å²) in [6, 6.07) is 7.61. The molecule has 9 heteroatoms. The van der Waals surface area contributed by atoms with Gasteiger partial charge in [-0.3, -0.25) is 14.4 Å². The molecule has 1 fully saturated rings. The van der Waals surface area contributed by atoms with Gasteiger partial charge in [-0.1, -0.05) is 17.7 Å². The van der Waals surface area contributed by atoms with Gasteiger partial charge in [0.05, 0.1) is 37.4 Å². The van der Waals surface area contributed by atoms with E-state index >= 15 is 0 Å². The quantitative estimate of drug-likeness (QED) is 0.564. The fraction of sp³-hybridized carbons (Fsp3) is 0.375. The molecule has 1 heterocycles. The van der Waals surface area contributed by atoms with Crippen molar-refractivity contribution >= 4 is 35.1 Å². The van der Waals surface area contributed by atoms with Gasteiger partial charge < -0.3 is 24.8 Å². The van der Waals surface area contributed by atoms with E-state index in [-0.39, 0.29) is 30.7 Å². The second kappa shape index (κ2) is 9.31. The average molecular weight is 473 g/mol. The van der Waals surface area contributed by atoms with Gasteiger partial charge in [0, 0.05) is 23.0 Å². The van der Waals surface area contributed by atoms with Crippen LogP contribution in [0.4, 0.5) is 5.69 Å². The standard InChI is InChI=1S/C24H25ClN2O6/c1-3-33-20-10-14(6-9-19(20)32-2)18(11-21(28)29)27-12-15-16(25)7-8-17(22(15)24(27)31)26-23(30)13-4-5-13/h6-10,13,18H,3-5,11-12H2,1-2H3,(H,26,30)(H,28,29). The van der Waals surface area contributed by atoms with Crippen LogP contribution in [-0.2, 0) is 16.1 Å². The predicted octanol–water partition coefficient (Wildman–Crippen LogP) is 4.27. The molecular formula is C24H25ClN2O6. The first-order chi connectivity index (χ1) is 15.8. The predicted molar refractivity (Wildman–Crippen MR) is 122 cm³/mol. The number of carbonyl (C=O) groups excluding carboxylic acids is 2. The summed E-state index contributed by atoms with van der Waals surface area (Å²) in [5, 5.41) is 12.8. The van der Waals surface area contributed by atoms with Crippen molar-refractivity contribution in [2.75, 3.05) is 19.0 Å².